The zero-order valence-corrected chi connectivity index (χ0v) is 15.0. The number of thiophene rings is 1. The summed E-state index contributed by atoms with van der Waals surface area (Å²) in [5.74, 6) is -0.800. The van der Waals surface area contributed by atoms with Gasteiger partial charge in [0.2, 0.25) is 0 Å². The van der Waals surface area contributed by atoms with E-state index in [2.05, 4.69) is 10.1 Å². The minimum absolute atomic E-state index is 0.0312. The normalized spacial score (nSPS) is 10.8. The van der Waals surface area contributed by atoms with Crippen molar-refractivity contribution in [3.63, 3.8) is 0 Å². The maximum Gasteiger partial charge on any atom is 0.411 e. The molecule has 0 saturated heterocycles. The summed E-state index contributed by atoms with van der Waals surface area (Å²) in [7, 11) is -3.09. The van der Waals surface area contributed by atoms with Crippen LogP contribution < -0.4 is 9.50 Å². The summed E-state index contributed by atoms with van der Waals surface area (Å²) in [6, 6.07) is 7.02. The molecule has 0 aliphatic heterocycles. The van der Waals surface area contributed by atoms with Crippen LogP contribution in [0.25, 0.3) is 0 Å². The number of ether oxygens (including phenoxy) is 2. The summed E-state index contributed by atoms with van der Waals surface area (Å²) in [6.45, 7) is 1.86. The summed E-state index contributed by atoms with van der Waals surface area (Å²) >= 11 is 0.929. The predicted molar refractivity (Wildman–Crippen MR) is 90.6 cm³/mol. The van der Waals surface area contributed by atoms with E-state index in [1.54, 1.807) is 13.0 Å². The second kappa shape index (κ2) is 7.99. The SMILES string of the molecule is CCOC(=O)Nc1cccc(OS(=O)(=O)c2ccsc2C(=O)OC)c1. The van der Waals surface area contributed by atoms with Crippen molar-refractivity contribution in [2.75, 3.05) is 19.0 Å². The Balaban J connectivity index is 2.23. The van der Waals surface area contributed by atoms with Gasteiger partial charge in [0.05, 0.1) is 13.7 Å². The highest BCUT2D eigenvalue weighted by Crippen LogP contribution is 2.27. The topological polar surface area (TPSA) is 108 Å². The average molecular weight is 385 g/mol. The van der Waals surface area contributed by atoms with Crippen LogP contribution in [0.5, 0.6) is 5.75 Å². The Morgan fingerprint density at radius 1 is 1.24 bits per heavy atom. The Bertz CT molecular complexity index is 874. The van der Waals surface area contributed by atoms with Gasteiger partial charge in [-0.25, -0.2) is 9.59 Å². The first kappa shape index (κ1) is 18.7. The van der Waals surface area contributed by atoms with Gasteiger partial charge in [-0.05, 0) is 30.5 Å². The Labute approximate surface area is 148 Å². The molecule has 0 atom stereocenters. The van der Waals surface area contributed by atoms with Gasteiger partial charge >= 0.3 is 22.2 Å². The van der Waals surface area contributed by atoms with E-state index in [0.717, 1.165) is 18.4 Å². The lowest BCUT2D eigenvalue weighted by molar-refractivity contribution is 0.0602. The third kappa shape index (κ3) is 4.70. The van der Waals surface area contributed by atoms with Crippen molar-refractivity contribution in [3.8, 4) is 5.75 Å². The molecule has 0 aliphatic rings. The standard InChI is InChI=1S/C15H15NO7S2/c1-3-22-15(18)16-10-5-4-6-11(9-10)23-25(19,20)12-7-8-24-13(12)14(17)21-2/h4-9H,3H2,1-2H3,(H,16,18). The molecule has 25 heavy (non-hydrogen) atoms. The van der Waals surface area contributed by atoms with E-state index in [9.17, 15) is 18.0 Å². The number of anilines is 1. The molecule has 0 radical (unpaired) electrons. The number of amides is 1. The van der Waals surface area contributed by atoms with E-state index in [1.807, 2.05) is 0 Å². The molecule has 2 rings (SSSR count). The molecule has 1 aromatic carbocycles. The van der Waals surface area contributed by atoms with E-state index in [4.69, 9.17) is 8.92 Å². The average Bonchev–Trinajstić information content (AvgIpc) is 3.05. The Morgan fingerprint density at radius 3 is 2.68 bits per heavy atom. The molecule has 1 N–H and O–H groups in total. The van der Waals surface area contributed by atoms with Crippen LogP contribution in [-0.4, -0.2) is 34.2 Å². The van der Waals surface area contributed by atoms with E-state index in [-0.39, 0.29) is 22.1 Å². The zero-order valence-electron chi connectivity index (χ0n) is 13.3. The fraction of sp³-hybridized carbons (Fsp3) is 0.200. The number of esters is 1. The number of rotatable bonds is 6. The lowest BCUT2D eigenvalue weighted by atomic mass is 10.3. The molecule has 0 bridgehead atoms. The smallest absolute Gasteiger partial charge is 0.411 e. The molecule has 0 aliphatic carbocycles. The van der Waals surface area contributed by atoms with E-state index >= 15 is 0 Å². The van der Waals surface area contributed by atoms with Gasteiger partial charge < -0.3 is 13.7 Å². The van der Waals surface area contributed by atoms with Crippen LogP contribution in [-0.2, 0) is 19.6 Å². The molecule has 2 aromatic rings. The summed E-state index contributed by atoms with van der Waals surface area (Å²) in [5, 5.41) is 3.88. The van der Waals surface area contributed by atoms with Gasteiger partial charge in [0, 0.05) is 11.8 Å². The Kier molecular flexibility index (Phi) is 5.99. The molecule has 0 saturated carbocycles. The van der Waals surface area contributed by atoms with Crippen molar-refractivity contribution >= 4 is 39.2 Å². The van der Waals surface area contributed by atoms with E-state index < -0.39 is 22.2 Å². The number of hydrogen-bond acceptors (Lipinski definition) is 8. The lowest BCUT2D eigenvalue weighted by Gasteiger charge is -2.09. The molecular weight excluding hydrogens is 370 g/mol. The van der Waals surface area contributed by atoms with Crippen LogP contribution in [0.3, 0.4) is 0 Å². The quantitative estimate of drug-likeness (QED) is 0.601. The van der Waals surface area contributed by atoms with Crippen molar-refractivity contribution < 1.29 is 31.7 Å². The number of hydrogen-bond donors (Lipinski definition) is 1. The van der Waals surface area contributed by atoms with E-state index in [1.165, 1.54) is 29.6 Å². The largest absolute Gasteiger partial charge is 0.465 e. The lowest BCUT2D eigenvalue weighted by Crippen LogP contribution is -2.14. The van der Waals surface area contributed by atoms with Crippen molar-refractivity contribution in [3.05, 3.63) is 40.6 Å². The molecule has 134 valence electrons. The minimum Gasteiger partial charge on any atom is -0.465 e. The minimum atomic E-state index is -4.25. The molecule has 10 heteroatoms. The van der Waals surface area contributed by atoms with Crippen LogP contribution in [0.1, 0.15) is 16.6 Å². The maximum absolute atomic E-state index is 12.4. The molecule has 0 unspecified atom stereocenters. The fourth-order valence-corrected chi connectivity index (χ4v) is 4.05. The molecule has 1 amide bonds. The van der Waals surface area contributed by atoms with Gasteiger partial charge in [0.1, 0.15) is 15.5 Å². The van der Waals surface area contributed by atoms with Gasteiger partial charge in [-0.1, -0.05) is 6.07 Å². The van der Waals surface area contributed by atoms with Crippen molar-refractivity contribution in [1.82, 2.24) is 0 Å². The summed E-state index contributed by atoms with van der Waals surface area (Å²) in [4.78, 5) is 22.7. The molecule has 1 heterocycles. The summed E-state index contributed by atoms with van der Waals surface area (Å²) < 4.78 is 39.1. The summed E-state index contributed by atoms with van der Waals surface area (Å²) in [6.07, 6.45) is -0.673. The first-order valence-corrected chi connectivity index (χ1v) is 9.30. The van der Waals surface area contributed by atoms with E-state index in [0.29, 0.717) is 5.69 Å². The second-order valence-electron chi connectivity index (χ2n) is 4.52. The maximum atomic E-state index is 12.4. The first-order chi connectivity index (χ1) is 11.9. The van der Waals surface area contributed by atoms with Gasteiger partial charge in [-0.2, -0.15) is 8.42 Å². The number of benzene rings is 1. The van der Waals surface area contributed by atoms with Gasteiger partial charge in [-0.15, -0.1) is 11.3 Å². The van der Waals surface area contributed by atoms with Crippen molar-refractivity contribution in [2.24, 2.45) is 0 Å². The first-order valence-electron chi connectivity index (χ1n) is 7.01. The molecule has 0 spiro atoms. The van der Waals surface area contributed by atoms with Crippen LogP contribution in [0.15, 0.2) is 40.6 Å². The monoisotopic (exact) mass is 385 g/mol. The molecule has 0 fully saturated rings. The van der Waals surface area contributed by atoms with Crippen molar-refractivity contribution in [1.29, 1.82) is 0 Å². The van der Waals surface area contributed by atoms with Crippen LogP contribution >= 0.6 is 11.3 Å². The zero-order chi connectivity index (χ0) is 18.4. The van der Waals surface area contributed by atoms with Crippen LogP contribution in [0, 0.1) is 0 Å². The number of nitrogens with one attached hydrogen (secondary N) is 1. The Morgan fingerprint density at radius 2 is 2.00 bits per heavy atom. The van der Waals surface area contributed by atoms with Gasteiger partial charge in [0.15, 0.2) is 0 Å². The molecular formula is C15H15NO7S2. The third-order valence-corrected chi connectivity index (χ3v) is 5.15. The number of carbonyl (C=O) groups is 2. The van der Waals surface area contributed by atoms with Crippen molar-refractivity contribution in [2.45, 2.75) is 11.8 Å². The molecule has 8 nitrogen and oxygen atoms in total. The Hall–Kier alpha value is -2.59. The van der Waals surface area contributed by atoms with Crippen LogP contribution in [0.4, 0.5) is 10.5 Å². The fourth-order valence-electron chi connectivity index (χ4n) is 1.82. The van der Waals surface area contributed by atoms with Crippen LogP contribution in [0.2, 0.25) is 0 Å². The highest BCUT2D eigenvalue weighted by Gasteiger charge is 2.26. The summed E-state index contributed by atoms with van der Waals surface area (Å²) in [5.41, 5.74) is 0.296. The molecule has 1 aromatic heterocycles. The van der Waals surface area contributed by atoms with Gasteiger partial charge in [0.25, 0.3) is 0 Å². The second-order valence-corrected chi connectivity index (χ2v) is 6.95. The highest BCUT2D eigenvalue weighted by atomic mass is 32.2. The number of methoxy groups -OCH3 is 1. The third-order valence-electron chi connectivity index (χ3n) is 2.83. The van der Waals surface area contributed by atoms with Gasteiger partial charge in [-0.3, -0.25) is 5.32 Å². The number of carbonyl (C=O) groups excluding carboxylic acids is 2. The predicted octanol–water partition coefficient (Wildman–Crippen LogP) is 2.87. The highest BCUT2D eigenvalue weighted by molar-refractivity contribution is 7.87.